The van der Waals surface area contributed by atoms with Gasteiger partial charge in [-0.25, -0.2) is 19.3 Å². The summed E-state index contributed by atoms with van der Waals surface area (Å²) in [6.45, 7) is 0. The first-order chi connectivity index (χ1) is 12.7. The number of hydrogen-bond acceptors (Lipinski definition) is 5. The second-order valence-corrected chi connectivity index (χ2v) is 5.87. The number of benzene rings is 2. The van der Waals surface area contributed by atoms with E-state index in [2.05, 4.69) is 20.3 Å². The van der Waals surface area contributed by atoms with Crippen LogP contribution in [-0.2, 0) is 0 Å². The predicted octanol–water partition coefficient (Wildman–Crippen LogP) is 3.95. The van der Waals surface area contributed by atoms with Crippen LogP contribution in [0.2, 0.25) is 0 Å². The molecule has 1 unspecified atom stereocenters. The van der Waals surface area contributed by atoms with Gasteiger partial charge in [0.15, 0.2) is 5.65 Å². The van der Waals surface area contributed by atoms with E-state index in [1.165, 1.54) is 18.5 Å². The fraction of sp³-hybridized carbons (Fsp3) is 0.0500. The van der Waals surface area contributed by atoms with Crippen LogP contribution in [0.25, 0.3) is 11.0 Å². The van der Waals surface area contributed by atoms with Gasteiger partial charge in [-0.1, -0.05) is 42.5 Å². The molecule has 0 radical (unpaired) electrons. The van der Waals surface area contributed by atoms with Gasteiger partial charge < -0.3 is 11.1 Å². The van der Waals surface area contributed by atoms with Gasteiger partial charge in [0.1, 0.15) is 23.8 Å². The number of hydrogen-bond donors (Lipinski definition) is 2. The lowest BCUT2D eigenvalue weighted by atomic mass is 9.98. The van der Waals surface area contributed by atoms with Gasteiger partial charge in [0.2, 0.25) is 0 Å². The van der Waals surface area contributed by atoms with E-state index in [1.807, 2.05) is 36.4 Å². The lowest BCUT2D eigenvalue weighted by molar-refractivity contribution is 0.626. The minimum atomic E-state index is -0.271. The van der Waals surface area contributed by atoms with Crippen molar-refractivity contribution in [2.24, 2.45) is 0 Å². The minimum Gasteiger partial charge on any atom is -0.384 e. The third-order valence-electron chi connectivity index (χ3n) is 4.14. The summed E-state index contributed by atoms with van der Waals surface area (Å²) in [5, 5.41) is 4.21. The summed E-state index contributed by atoms with van der Waals surface area (Å²) < 4.78 is 13.4. The summed E-state index contributed by atoms with van der Waals surface area (Å²) >= 11 is 0. The number of aromatic nitrogens is 3. The van der Waals surface area contributed by atoms with Gasteiger partial charge in [-0.2, -0.15) is 0 Å². The summed E-state index contributed by atoms with van der Waals surface area (Å²) in [6, 6.07) is 19.7. The van der Waals surface area contributed by atoms with Crippen LogP contribution in [0.15, 0.2) is 73.1 Å². The Bertz CT molecular complexity index is 1030. The molecule has 0 bridgehead atoms. The van der Waals surface area contributed by atoms with Crippen LogP contribution >= 0.6 is 0 Å². The Kier molecular flexibility index (Phi) is 4.15. The number of nitrogens with two attached hydrogens (primary N) is 1. The number of pyridine rings is 1. The standard InChI is InChI=1S/C20H16FN5/c21-15-8-6-14(7-9-15)18(13-4-2-1-3-5-13)26-20-16-10-11-17(22)25-19(16)23-12-24-20/h1-12,18H,(H3,22,23,24,25,26). The highest BCUT2D eigenvalue weighted by molar-refractivity contribution is 5.87. The fourth-order valence-corrected chi connectivity index (χ4v) is 2.87. The predicted molar refractivity (Wildman–Crippen MR) is 100 cm³/mol. The summed E-state index contributed by atoms with van der Waals surface area (Å²) in [4.78, 5) is 12.8. The molecule has 0 saturated carbocycles. The Morgan fingerprint density at radius 3 is 2.35 bits per heavy atom. The molecule has 26 heavy (non-hydrogen) atoms. The minimum absolute atomic E-state index is 0.201. The first-order valence-electron chi connectivity index (χ1n) is 8.15. The van der Waals surface area contributed by atoms with Crippen LogP contribution in [0.5, 0.6) is 0 Å². The second kappa shape index (κ2) is 6.76. The van der Waals surface area contributed by atoms with E-state index in [4.69, 9.17) is 5.73 Å². The first kappa shape index (κ1) is 16.0. The van der Waals surface area contributed by atoms with Gasteiger partial charge in [-0.05, 0) is 35.4 Å². The highest BCUT2D eigenvalue weighted by atomic mass is 19.1. The molecule has 2 heterocycles. The molecular weight excluding hydrogens is 329 g/mol. The van der Waals surface area contributed by atoms with E-state index in [-0.39, 0.29) is 11.9 Å². The quantitative estimate of drug-likeness (QED) is 0.586. The largest absolute Gasteiger partial charge is 0.384 e. The van der Waals surface area contributed by atoms with Gasteiger partial charge in [-0.3, -0.25) is 0 Å². The maximum absolute atomic E-state index is 13.4. The Labute approximate surface area is 149 Å². The van der Waals surface area contributed by atoms with Crippen LogP contribution < -0.4 is 11.1 Å². The molecule has 2 aromatic heterocycles. The van der Waals surface area contributed by atoms with E-state index in [9.17, 15) is 4.39 Å². The third kappa shape index (κ3) is 3.17. The van der Waals surface area contributed by atoms with Crippen molar-refractivity contribution < 1.29 is 4.39 Å². The molecule has 5 nitrogen and oxygen atoms in total. The third-order valence-corrected chi connectivity index (χ3v) is 4.14. The number of anilines is 2. The highest BCUT2D eigenvalue weighted by Crippen LogP contribution is 2.29. The average molecular weight is 345 g/mol. The molecule has 4 rings (SSSR count). The monoisotopic (exact) mass is 345 g/mol. The highest BCUT2D eigenvalue weighted by Gasteiger charge is 2.16. The van der Waals surface area contributed by atoms with Crippen molar-refractivity contribution in [1.29, 1.82) is 0 Å². The number of rotatable bonds is 4. The number of fused-ring (bicyclic) bond motifs is 1. The van der Waals surface area contributed by atoms with Crippen molar-refractivity contribution in [1.82, 2.24) is 15.0 Å². The zero-order valence-corrected chi connectivity index (χ0v) is 13.8. The van der Waals surface area contributed by atoms with Crippen LogP contribution in [0, 0.1) is 5.82 Å². The van der Waals surface area contributed by atoms with Gasteiger partial charge >= 0.3 is 0 Å². The van der Waals surface area contributed by atoms with Crippen LogP contribution in [0.1, 0.15) is 17.2 Å². The average Bonchev–Trinajstić information content (AvgIpc) is 2.67. The Balaban J connectivity index is 1.79. The summed E-state index contributed by atoms with van der Waals surface area (Å²) in [6.07, 6.45) is 1.45. The Hall–Kier alpha value is -3.54. The van der Waals surface area contributed by atoms with E-state index in [0.717, 1.165) is 16.5 Å². The molecule has 0 fully saturated rings. The van der Waals surface area contributed by atoms with Crippen molar-refractivity contribution in [3.8, 4) is 0 Å². The van der Waals surface area contributed by atoms with Gasteiger partial charge in [0.25, 0.3) is 0 Å². The van der Waals surface area contributed by atoms with Gasteiger partial charge in [0, 0.05) is 0 Å². The number of nitrogen functional groups attached to an aromatic ring is 1. The van der Waals surface area contributed by atoms with Crippen molar-refractivity contribution in [3.63, 3.8) is 0 Å². The fourth-order valence-electron chi connectivity index (χ4n) is 2.87. The Morgan fingerprint density at radius 1 is 0.846 bits per heavy atom. The molecule has 2 aromatic carbocycles. The molecule has 0 aliphatic rings. The normalized spacial score (nSPS) is 12.0. The van der Waals surface area contributed by atoms with Crippen LogP contribution in [0.4, 0.5) is 16.0 Å². The molecular formula is C20H16FN5. The Morgan fingerprint density at radius 2 is 1.58 bits per heavy atom. The molecule has 1 atom stereocenters. The van der Waals surface area contributed by atoms with Crippen molar-refractivity contribution in [2.75, 3.05) is 11.1 Å². The molecule has 4 aromatic rings. The lowest BCUT2D eigenvalue weighted by Gasteiger charge is -2.21. The summed E-state index contributed by atoms with van der Waals surface area (Å²) in [7, 11) is 0. The van der Waals surface area contributed by atoms with Crippen molar-refractivity contribution in [3.05, 3.63) is 90.0 Å². The topological polar surface area (TPSA) is 76.7 Å². The number of nitrogens with zero attached hydrogens (tertiary/aromatic N) is 3. The molecule has 6 heteroatoms. The summed E-state index contributed by atoms with van der Waals surface area (Å²) in [5.74, 6) is 0.772. The SMILES string of the molecule is Nc1ccc2c(NC(c3ccccc3)c3ccc(F)cc3)ncnc2n1. The van der Waals surface area contributed by atoms with E-state index in [0.29, 0.717) is 17.3 Å². The van der Waals surface area contributed by atoms with E-state index in [1.54, 1.807) is 18.2 Å². The van der Waals surface area contributed by atoms with Crippen LogP contribution in [0.3, 0.4) is 0 Å². The maximum Gasteiger partial charge on any atom is 0.166 e. The van der Waals surface area contributed by atoms with Gasteiger partial charge in [0.05, 0.1) is 11.4 Å². The number of nitrogens with one attached hydrogen (secondary N) is 1. The molecule has 0 spiro atoms. The van der Waals surface area contributed by atoms with E-state index >= 15 is 0 Å². The van der Waals surface area contributed by atoms with Gasteiger partial charge in [-0.15, -0.1) is 0 Å². The van der Waals surface area contributed by atoms with E-state index < -0.39 is 0 Å². The number of halogens is 1. The summed E-state index contributed by atoms with van der Waals surface area (Å²) in [5.41, 5.74) is 8.23. The lowest BCUT2D eigenvalue weighted by Crippen LogP contribution is -2.14. The maximum atomic E-state index is 13.4. The molecule has 0 aliphatic heterocycles. The smallest absolute Gasteiger partial charge is 0.166 e. The first-order valence-corrected chi connectivity index (χ1v) is 8.15. The second-order valence-electron chi connectivity index (χ2n) is 5.87. The molecule has 128 valence electrons. The van der Waals surface area contributed by atoms with Crippen LogP contribution in [-0.4, -0.2) is 15.0 Å². The van der Waals surface area contributed by atoms with Crippen molar-refractivity contribution in [2.45, 2.75) is 6.04 Å². The molecule has 0 aliphatic carbocycles. The molecule has 0 saturated heterocycles. The molecule has 3 N–H and O–H groups in total. The zero-order chi connectivity index (χ0) is 17.9. The zero-order valence-electron chi connectivity index (χ0n) is 13.8. The molecule has 0 amide bonds. The van der Waals surface area contributed by atoms with Crippen molar-refractivity contribution >= 4 is 22.7 Å².